The van der Waals surface area contributed by atoms with Gasteiger partial charge in [0.2, 0.25) is 11.8 Å². The highest BCUT2D eigenvalue weighted by molar-refractivity contribution is 6.30. The van der Waals surface area contributed by atoms with Crippen molar-refractivity contribution in [2.24, 2.45) is 0 Å². The molecule has 5 rings (SSSR count). The number of fused-ring (bicyclic) bond motifs is 4. The number of aromatic amines is 1. The van der Waals surface area contributed by atoms with Crippen molar-refractivity contribution in [2.75, 3.05) is 25.6 Å². The molecule has 1 aliphatic rings. The number of benzene rings is 2. The van der Waals surface area contributed by atoms with Crippen molar-refractivity contribution in [1.29, 1.82) is 0 Å². The SMILES string of the molecule is COC(=O)Cc1ccc2c(c1)NC(=O)CCCCOC[C@H](NC(=O)/C=C/c1cc(Cl)ccc1-n1cnnn1)c1ncc-2[nH]1. The van der Waals surface area contributed by atoms with Gasteiger partial charge in [0.05, 0.1) is 43.4 Å². The van der Waals surface area contributed by atoms with Crippen molar-refractivity contribution >= 4 is 41.1 Å². The Bertz CT molecular complexity index is 1640. The Labute approximate surface area is 251 Å². The molecule has 1 atom stereocenters. The second kappa shape index (κ2) is 13.9. The third kappa shape index (κ3) is 7.70. The van der Waals surface area contributed by atoms with E-state index in [0.717, 1.165) is 0 Å². The minimum Gasteiger partial charge on any atom is -0.469 e. The molecule has 0 saturated carbocycles. The number of esters is 1. The fourth-order valence-electron chi connectivity index (χ4n) is 4.55. The van der Waals surface area contributed by atoms with Crippen molar-refractivity contribution in [3.63, 3.8) is 0 Å². The van der Waals surface area contributed by atoms with E-state index in [0.29, 0.717) is 70.5 Å². The molecule has 0 saturated heterocycles. The third-order valence-electron chi connectivity index (χ3n) is 6.69. The minimum absolute atomic E-state index is 0.0687. The predicted octanol–water partition coefficient (Wildman–Crippen LogP) is 3.43. The van der Waals surface area contributed by atoms with Crippen LogP contribution in [-0.4, -0.2) is 68.3 Å². The Morgan fingerprint density at radius 2 is 2.12 bits per heavy atom. The normalized spacial score (nSPS) is 15.8. The maximum Gasteiger partial charge on any atom is 0.309 e. The standard InChI is InChI=1S/C29H29ClN8O5/c1-42-28(41)13-18-5-8-21-22(12-18)33-26(39)4-2-3-11-43-16-24(29-31-15-23(21)35-29)34-27(40)10-6-19-14-20(30)7-9-25(19)38-17-32-36-37-38/h5-10,12,14-15,17,24H,2-4,11,13,16H2,1H3,(H,31,35)(H,33,39)(H,34,40)/b10-6+/t24-/m0/s1. The second-order valence-corrected chi connectivity index (χ2v) is 10.2. The first-order valence-electron chi connectivity index (χ1n) is 13.5. The highest BCUT2D eigenvalue weighted by atomic mass is 35.5. The largest absolute Gasteiger partial charge is 0.469 e. The van der Waals surface area contributed by atoms with Gasteiger partial charge < -0.3 is 25.1 Å². The summed E-state index contributed by atoms with van der Waals surface area (Å²) in [4.78, 5) is 45.4. The lowest BCUT2D eigenvalue weighted by Gasteiger charge is -2.17. The number of aromatic nitrogens is 6. The molecule has 0 fully saturated rings. The summed E-state index contributed by atoms with van der Waals surface area (Å²) in [6.07, 6.45) is 7.74. The number of ether oxygens (including phenoxy) is 2. The first-order chi connectivity index (χ1) is 20.9. The van der Waals surface area contributed by atoms with Gasteiger partial charge in [0.25, 0.3) is 0 Å². The summed E-state index contributed by atoms with van der Waals surface area (Å²) in [6.45, 7) is 0.567. The highest BCUT2D eigenvalue weighted by Crippen LogP contribution is 2.30. The molecule has 222 valence electrons. The quantitative estimate of drug-likeness (QED) is 0.221. The molecule has 13 nitrogen and oxygen atoms in total. The van der Waals surface area contributed by atoms with Gasteiger partial charge in [-0.15, -0.1) is 5.10 Å². The van der Waals surface area contributed by atoms with Crippen molar-refractivity contribution in [2.45, 2.75) is 31.7 Å². The van der Waals surface area contributed by atoms with Gasteiger partial charge in [-0.05, 0) is 59.2 Å². The van der Waals surface area contributed by atoms with Crippen molar-refractivity contribution in [1.82, 2.24) is 35.5 Å². The van der Waals surface area contributed by atoms with Crippen LogP contribution in [0, 0.1) is 0 Å². The number of hydrogen-bond acceptors (Lipinski definition) is 9. The summed E-state index contributed by atoms with van der Waals surface area (Å²) >= 11 is 6.20. The Balaban J connectivity index is 1.40. The van der Waals surface area contributed by atoms with E-state index in [4.69, 9.17) is 21.1 Å². The van der Waals surface area contributed by atoms with Crippen LogP contribution >= 0.6 is 11.6 Å². The van der Waals surface area contributed by atoms with Crippen molar-refractivity contribution in [3.8, 4) is 16.9 Å². The van der Waals surface area contributed by atoms with E-state index < -0.39 is 6.04 Å². The van der Waals surface area contributed by atoms with Crippen molar-refractivity contribution in [3.05, 3.63) is 77.0 Å². The van der Waals surface area contributed by atoms with Gasteiger partial charge in [0.15, 0.2) is 0 Å². The number of halogens is 1. The summed E-state index contributed by atoms with van der Waals surface area (Å²) in [5, 5.41) is 17.7. The number of hydrogen-bond donors (Lipinski definition) is 3. The highest BCUT2D eigenvalue weighted by Gasteiger charge is 2.20. The molecule has 0 radical (unpaired) electrons. The first kappa shape index (κ1) is 29.6. The lowest BCUT2D eigenvalue weighted by atomic mass is 10.0. The predicted molar refractivity (Wildman–Crippen MR) is 157 cm³/mol. The molecule has 3 heterocycles. The van der Waals surface area contributed by atoms with Gasteiger partial charge in [-0.1, -0.05) is 23.7 Å². The minimum atomic E-state index is -0.594. The second-order valence-electron chi connectivity index (χ2n) is 9.75. The lowest BCUT2D eigenvalue weighted by molar-refractivity contribution is -0.139. The molecule has 2 amide bonds. The molecule has 1 aliphatic heterocycles. The number of H-pyrrole nitrogens is 1. The van der Waals surface area contributed by atoms with Gasteiger partial charge >= 0.3 is 5.97 Å². The Morgan fingerprint density at radius 3 is 2.93 bits per heavy atom. The van der Waals surface area contributed by atoms with E-state index in [1.165, 1.54) is 24.2 Å². The van der Waals surface area contributed by atoms with Crippen LogP contribution in [0.4, 0.5) is 5.69 Å². The molecule has 43 heavy (non-hydrogen) atoms. The monoisotopic (exact) mass is 604 g/mol. The zero-order valence-electron chi connectivity index (χ0n) is 23.2. The lowest BCUT2D eigenvalue weighted by Crippen LogP contribution is -2.31. The molecule has 2 aromatic heterocycles. The van der Waals surface area contributed by atoms with Crippen LogP contribution in [0.25, 0.3) is 23.0 Å². The van der Waals surface area contributed by atoms with Crippen LogP contribution < -0.4 is 10.6 Å². The van der Waals surface area contributed by atoms with Crippen molar-refractivity contribution < 1.29 is 23.9 Å². The van der Waals surface area contributed by atoms with Gasteiger partial charge in [-0.3, -0.25) is 14.4 Å². The summed E-state index contributed by atoms with van der Waals surface area (Å²) in [5.41, 5.74) is 3.82. The van der Waals surface area contributed by atoms with Crippen LogP contribution in [0.3, 0.4) is 0 Å². The van der Waals surface area contributed by atoms with Crippen LogP contribution in [0.15, 0.2) is 55.0 Å². The Hall–Kier alpha value is -4.88. The van der Waals surface area contributed by atoms with Crippen LogP contribution in [0.5, 0.6) is 0 Å². The van der Waals surface area contributed by atoms with E-state index >= 15 is 0 Å². The number of tetrazole rings is 1. The molecule has 14 heteroatoms. The smallest absolute Gasteiger partial charge is 0.309 e. The van der Waals surface area contributed by atoms with Gasteiger partial charge in [-0.25, -0.2) is 4.98 Å². The maximum absolute atomic E-state index is 13.1. The van der Waals surface area contributed by atoms with E-state index in [2.05, 4.69) is 36.1 Å². The summed E-state index contributed by atoms with van der Waals surface area (Å²) in [6, 6.07) is 9.92. The Kier molecular flexibility index (Phi) is 9.54. The number of nitrogens with zero attached hydrogens (tertiary/aromatic N) is 5. The molecular weight excluding hydrogens is 576 g/mol. The zero-order valence-corrected chi connectivity index (χ0v) is 24.0. The number of nitrogens with one attached hydrogen (secondary N) is 3. The fourth-order valence-corrected chi connectivity index (χ4v) is 4.73. The number of amides is 2. The summed E-state index contributed by atoms with van der Waals surface area (Å²) in [5.74, 6) is -0.434. The molecule has 4 aromatic rings. The van der Waals surface area contributed by atoms with Gasteiger partial charge in [-0.2, -0.15) is 4.68 Å². The van der Waals surface area contributed by atoms with Gasteiger partial charge in [0, 0.05) is 35.3 Å². The molecule has 2 aromatic carbocycles. The Morgan fingerprint density at radius 1 is 1.23 bits per heavy atom. The van der Waals surface area contributed by atoms with E-state index in [1.54, 1.807) is 48.7 Å². The molecule has 3 N–H and O–H groups in total. The van der Waals surface area contributed by atoms with Gasteiger partial charge in [0.1, 0.15) is 18.2 Å². The van der Waals surface area contributed by atoms with Crippen LogP contribution in [-0.2, 0) is 30.3 Å². The molecule has 2 bridgehead atoms. The maximum atomic E-state index is 13.1. The molecule has 0 unspecified atom stereocenters. The average Bonchev–Trinajstić information content (AvgIpc) is 3.70. The van der Waals surface area contributed by atoms with E-state index in [-0.39, 0.29) is 30.8 Å². The van der Waals surface area contributed by atoms with Crippen LogP contribution in [0.2, 0.25) is 5.02 Å². The fraction of sp³-hybridized carbons (Fsp3) is 0.276. The number of carbonyl (C=O) groups excluding carboxylic acids is 3. The van der Waals surface area contributed by atoms with Crippen LogP contribution in [0.1, 0.15) is 42.3 Å². The first-order valence-corrected chi connectivity index (χ1v) is 13.9. The number of anilines is 1. The number of methoxy groups -OCH3 is 1. The number of imidazole rings is 1. The average molecular weight is 605 g/mol. The number of carbonyl (C=O) groups is 3. The third-order valence-corrected chi connectivity index (χ3v) is 6.93. The number of rotatable bonds is 6. The van der Waals surface area contributed by atoms with E-state index in [1.807, 2.05) is 0 Å². The summed E-state index contributed by atoms with van der Waals surface area (Å²) in [7, 11) is 1.33. The zero-order chi connectivity index (χ0) is 30.2. The topological polar surface area (TPSA) is 166 Å². The molecular formula is C29H29ClN8O5. The van der Waals surface area contributed by atoms with E-state index in [9.17, 15) is 14.4 Å². The molecule has 0 spiro atoms. The summed E-state index contributed by atoms with van der Waals surface area (Å²) < 4.78 is 12.1. The molecule has 0 aliphatic carbocycles.